The molecule has 0 fully saturated rings. The number of anilines is 1. The molecule has 0 saturated carbocycles. The Labute approximate surface area is 224 Å². The van der Waals surface area contributed by atoms with Gasteiger partial charge in [0.05, 0.1) is 16.8 Å². The highest BCUT2D eigenvalue weighted by Crippen LogP contribution is 2.29. The monoisotopic (exact) mass is 535 g/mol. The number of nitrogens with zero attached hydrogens (tertiary/aromatic N) is 2. The lowest BCUT2D eigenvalue weighted by Crippen LogP contribution is -2.38. The molecular formula is C29H28F3N5O2. The molecule has 3 N–H and O–H groups in total. The fourth-order valence-electron chi connectivity index (χ4n) is 3.56. The zero-order chi connectivity index (χ0) is 28.0. The van der Waals surface area contributed by atoms with Gasteiger partial charge in [-0.3, -0.25) is 15.2 Å². The second-order valence-corrected chi connectivity index (χ2v) is 9.75. The van der Waals surface area contributed by atoms with Gasteiger partial charge in [-0.05, 0) is 62.7 Å². The number of amides is 1. The number of aromatic nitrogens is 2. The number of carbonyl (C=O) groups excluding carboxylic acids is 1. The van der Waals surface area contributed by atoms with E-state index in [1.165, 1.54) is 0 Å². The first-order valence-corrected chi connectivity index (χ1v) is 12.1. The third-order valence-electron chi connectivity index (χ3n) is 5.37. The van der Waals surface area contributed by atoms with Crippen LogP contribution in [0.1, 0.15) is 42.3 Å². The molecule has 10 heteroatoms. The number of H-pyrrole nitrogens is 1. The van der Waals surface area contributed by atoms with Gasteiger partial charge in [0.15, 0.2) is 5.82 Å². The molecule has 0 aliphatic rings. The minimum atomic E-state index is -4.49. The first kappa shape index (κ1) is 27.4. The number of nitrogens with one attached hydrogen (secondary N) is 3. The van der Waals surface area contributed by atoms with Crippen molar-refractivity contribution in [2.24, 2.45) is 4.99 Å². The second kappa shape index (κ2) is 11.4. The van der Waals surface area contributed by atoms with Gasteiger partial charge in [-0.2, -0.15) is 18.3 Å². The van der Waals surface area contributed by atoms with E-state index in [0.29, 0.717) is 23.9 Å². The van der Waals surface area contributed by atoms with Crippen LogP contribution in [0.2, 0.25) is 0 Å². The van der Waals surface area contributed by atoms with Crippen LogP contribution < -0.4 is 15.4 Å². The zero-order valence-corrected chi connectivity index (χ0v) is 21.6. The highest BCUT2D eigenvalue weighted by Gasteiger charge is 2.30. The summed E-state index contributed by atoms with van der Waals surface area (Å²) >= 11 is 0. The number of hydrogen-bond donors (Lipinski definition) is 3. The highest BCUT2D eigenvalue weighted by atomic mass is 19.4. The number of alkyl halides is 3. The molecule has 7 nitrogen and oxygen atoms in total. The number of guanidine groups is 1. The van der Waals surface area contributed by atoms with Crippen LogP contribution in [0.25, 0.3) is 11.3 Å². The molecule has 0 bridgehead atoms. The van der Waals surface area contributed by atoms with E-state index in [0.717, 1.165) is 35.4 Å². The number of rotatable bonds is 6. The quantitative estimate of drug-likeness (QED) is 0.190. The number of aromatic amines is 1. The second-order valence-electron chi connectivity index (χ2n) is 9.75. The summed E-state index contributed by atoms with van der Waals surface area (Å²) in [5.74, 6) is 0.569. The molecule has 39 heavy (non-hydrogen) atoms. The fraction of sp³-hybridized carbons (Fsp3) is 0.207. The molecule has 0 spiro atoms. The van der Waals surface area contributed by atoms with E-state index >= 15 is 0 Å². The molecule has 0 saturated heterocycles. The molecule has 0 aliphatic carbocycles. The number of halogens is 3. The summed E-state index contributed by atoms with van der Waals surface area (Å²) in [5, 5.41) is 12.8. The first-order chi connectivity index (χ1) is 18.5. The van der Waals surface area contributed by atoms with Crippen molar-refractivity contribution >= 4 is 17.7 Å². The fourth-order valence-corrected chi connectivity index (χ4v) is 3.56. The van der Waals surface area contributed by atoms with Gasteiger partial charge in [-0.15, -0.1) is 0 Å². The van der Waals surface area contributed by atoms with Crippen molar-refractivity contribution in [1.29, 1.82) is 0 Å². The molecule has 4 rings (SSSR count). The van der Waals surface area contributed by atoms with E-state index < -0.39 is 23.2 Å². The van der Waals surface area contributed by atoms with E-state index in [1.54, 1.807) is 6.07 Å². The Kier molecular flexibility index (Phi) is 8.04. The summed E-state index contributed by atoms with van der Waals surface area (Å²) in [6.45, 7) is 5.97. The SMILES string of the molecule is CC(C)(C)N=C(NC(=O)c1ccc(C(F)(F)F)cc1)Nc1cc(-c2cccc(OCc3ccccc3)c2)[nH]n1. The minimum Gasteiger partial charge on any atom is -0.489 e. The third kappa shape index (κ3) is 7.94. The molecule has 3 aromatic carbocycles. The van der Waals surface area contributed by atoms with Gasteiger partial charge < -0.3 is 10.1 Å². The summed E-state index contributed by atoms with van der Waals surface area (Å²) in [6, 6.07) is 23.1. The largest absolute Gasteiger partial charge is 0.489 e. The topological polar surface area (TPSA) is 91.4 Å². The van der Waals surface area contributed by atoms with Gasteiger partial charge in [0.2, 0.25) is 5.96 Å². The molecule has 202 valence electrons. The van der Waals surface area contributed by atoms with Gasteiger partial charge in [0.1, 0.15) is 12.4 Å². The van der Waals surface area contributed by atoms with Crippen molar-refractivity contribution in [2.45, 2.75) is 39.1 Å². The van der Waals surface area contributed by atoms with E-state index in [1.807, 2.05) is 75.4 Å². The van der Waals surface area contributed by atoms with Crippen LogP contribution in [-0.4, -0.2) is 27.6 Å². The van der Waals surface area contributed by atoms with Gasteiger partial charge >= 0.3 is 6.18 Å². The summed E-state index contributed by atoms with van der Waals surface area (Å²) in [4.78, 5) is 17.3. The average molecular weight is 536 g/mol. The van der Waals surface area contributed by atoms with Gasteiger partial charge in [-0.25, -0.2) is 4.99 Å². The number of benzene rings is 3. The van der Waals surface area contributed by atoms with Crippen LogP contribution in [0.4, 0.5) is 19.0 Å². The maximum absolute atomic E-state index is 12.9. The van der Waals surface area contributed by atoms with E-state index in [4.69, 9.17) is 4.74 Å². The molecule has 4 aromatic rings. The Bertz CT molecular complexity index is 1440. The Hall–Kier alpha value is -4.60. The Morgan fingerprint density at radius 3 is 2.33 bits per heavy atom. The molecule has 0 unspecified atom stereocenters. The molecule has 0 radical (unpaired) electrons. The predicted octanol–water partition coefficient (Wildman–Crippen LogP) is 6.67. The lowest BCUT2D eigenvalue weighted by Gasteiger charge is -2.17. The molecule has 0 atom stereocenters. The standard InChI is InChI=1S/C29H28F3N5O2/c1-28(2,3)35-27(34-26(38)20-12-14-22(15-13-20)29(30,31)32)33-25-17-24(36-37-25)21-10-7-11-23(16-21)39-18-19-8-5-4-6-9-19/h4-17H,18H2,1-3H3,(H3,33,34,35,36,37,38). The summed E-state index contributed by atoms with van der Waals surface area (Å²) in [7, 11) is 0. The maximum atomic E-state index is 12.9. The van der Waals surface area contributed by atoms with Gasteiger partial charge in [-0.1, -0.05) is 42.5 Å². The van der Waals surface area contributed by atoms with Crippen LogP contribution >= 0.6 is 0 Å². The Balaban J connectivity index is 1.47. The van der Waals surface area contributed by atoms with Crippen molar-refractivity contribution in [3.63, 3.8) is 0 Å². The molecule has 1 amide bonds. The van der Waals surface area contributed by atoms with Crippen LogP contribution in [-0.2, 0) is 12.8 Å². The highest BCUT2D eigenvalue weighted by molar-refractivity contribution is 6.09. The number of aliphatic imine (C=N–C) groups is 1. The summed E-state index contributed by atoms with van der Waals surface area (Å²) in [6.07, 6.45) is -4.49. The Morgan fingerprint density at radius 2 is 1.67 bits per heavy atom. The summed E-state index contributed by atoms with van der Waals surface area (Å²) in [5.41, 5.74) is 1.25. The number of carbonyl (C=O) groups is 1. The maximum Gasteiger partial charge on any atom is 0.416 e. The molecule has 0 aliphatic heterocycles. The lowest BCUT2D eigenvalue weighted by molar-refractivity contribution is -0.137. The Morgan fingerprint density at radius 1 is 0.949 bits per heavy atom. The van der Waals surface area contributed by atoms with Crippen molar-refractivity contribution in [2.75, 3.05) is 5.32 Å². The van der Waals surface area contributed by atoms with E-state index in [-0.39, 0.29) is 11.5 Å². The molecule has 1 heterocycles. The first-order valence-electron chi connectivity index (χ1n) is 12.1. The number of ether oxygens (including phenoxy) is 1. The van der Waals surface area contributed by atoms with Crippen molar-refractivity contribution in [1.82, 2.24) is 15.5 Å². The predicted molar refractivity (Wildman–Crippen MR) is 145 cm³/mol. The van der Waals surface area contributed by atoms with E-state index in [9.17, 15) is 18.0 Å². The van der Waals surface area contributed by atoms with Crippen LogP contribution in [0.5, 0.6) is 5.75 Å². The number of hydrogen-bond acceptors (Lipinski definition) is 4. The van der Waals surface area contributed by atoms with E-state index in [2.05, 4.69) is 25.8 Å². The van der Waals surface area contributed by atoms with Gasteiger partial charge in [0, 0.05) is 17.2 Å². The smallest absolute Gasteiger partial charge is 0.416 e. The lowest BCUT2D eigenvalue weighted by atomic mass is 10.1. The van der Waals surface area contributed by atoms with Crippen LogP contribution in [0, 0.1) is 0 Å². The van der Waals surface area contributed by atoms with Crippen LogP contribution in [0.15, 0.2) is 89.9 Å². The molecular weight excluding hydrogens is 507 g/mol. The van der Waals surface area contributed by atoms with Crippen LogP contribution in [0.3, 0.4) is 0 Å². The van der Waals surface area contributed by atoms with Crippen molar-refractivity contribution < 1.29 is 22.7 Å². The zero-order valence-electron chi connectivity index (χ0n) is 21.6. The summed E-state index contributed by atoms with van der Waals surface area (Å²) < 4.78 is 44.5. The average Bonchev–Trinajstić information content (AvgIpc) is 3.35. The van der Waals surface area contributed by atoms with Gasteiger partial charge in [0.25, 0.3) is 5.91 Å². The third-order valence-corrected chi connectivity index (χ3v) is 5.37. The normalized spacial score (nSPS) is 12.2. The minimum absolute atomic E-state index is 0.0569. The molecule has 1 aromatic heterocycles. The van der Waals surface area contributed by atoms with Crippen molar-refractivity contribution in [3.8, 4) is 17.0 Å². The van der Waals surface area contributed by atoms with Crippen molar-refractivity contribution in [3.05, 3.63) is 102 Å².